The van der Waals surface area contributed by atoms with E-state index in [1.807, 2.05) is 32.0 Å². The first-order chi connectivity index (χ1) is 9.26. The third-order valence-electron chi connectivity index (χ3n) is 3.03. The topological polar surface area (TPSA) is 29.5 Å². The number of benzene rings is 2. The second-order valence-electron chi connectivity index (χ2n) is 4.53. The lowest BCUT2D eigenvalue weighted by atomic mass is 10.0. The SMILES string of the molecule is Cc1ccc(-c2ccc(O)c(OC(F)(F)F)c2)cc1C. The van der Waals surface area contributed by atoms with E-state index in [-0.39, 0.29) is 0 Å². The lowest BCUT2D eigenvalue weighted by molar-refractivity contribution is -0.275. The van der Waals surface area contributed by atoms with Crippen LogP contribution >= 0.6 is 0 Å². The molecule has 2 rings (SSSR count). The summed E-state index contributed by atoms with van der Waals surface area (Å²) in [5.74, 6) is -1.15. The van der Waals surface area contributed by atoms with Crippen LogP contribution in [0.2, 0.25) is 0 Å². The summed E-state index contributed by atoms with van der Waals surface area (Å²) in [6, 6.07) is 9.48. The molecule has 0 saturated carbocycles. The number of rotatable bonds is 2. The molecule has 0 atom stereocenters. The molecule has 106 valence electrons. The number of ether oxygens (including phenoxy) is 1. The second kappa shape index (κ2) is 5.07. The molecule has 0 unspecified atom stereocenters. The van der Waals surface area contributed by atoms with E-state index in [1.54, 1.807) is 6.07 Å². The molecule has 0 radical (unpaired) electrons. The van der Waals surface area contributed by atoms with Gasteiger partial charge >= 0.3 is 6.36 Å². The highest BCUT2D eigenvalue weighted by atomic mass is 19.4. The largest absolute Gasteiger partial charge is 0.573 e. The number of hydrogen-bond donors (Lipinski definition) is 1. The predicted octanol–water partition coefficient (Wildman–Crippen LogP) is 4.57. The van der Waals surface area contributed by atoms with Gasteiger partial charge in [0.1, 0.15) is 0 Å². The van der Waals surface area contributed by atoms with Crippen molar-refractivity contribution < 1.29 is 23.0 Å². The molecule has 2 aromatic carbocycles. The zero-order chi connectivity index (χ0) is 14.9. The van der Waals surface area contributed by atoms with Crippen molar-refractivity contribution in [3.05, 3.63) is 47.5 Å². The Labute approximate surface area is 114 Å². The van der Waals surface area contributed by atoms with E-state index in [9.17, 15) is 18.3 Å². The average Bonchev–Trinajstić information content (AvgIpc) is 2.34. The maximum Gasteiger partial charge on any atom is 0.573 e. The summed E-state index contributed by atoms with van der Waals surface area (Å²) in [6.07, 6.45) is -4.83. The van der Waals surface area contributed by atoms with Crippen LogP contribution in [-0.4, -0.2) is 11.5 Å². The van der Waals surface area contributed by atoms with Gasteiger partial charge in [-0.15, -0.1) is 13.2 Å². The first kappa shape index (κ1) is 14.2. The van der Waals surface area contributed by atoms with Gasteiger partial charge in [0.2, 0.25) is 0 Å². The number of phenolic OH excluding ortho intramolecular Hbond substituents is 1. The van der Waals surface area contributed by atoms with Gasteiger partial charge in [-0.25, -0.2) is 0 Å². The van der Waals surface area contributed by atoms with Gasteiger partial charge in [-0.2, -0.15) is 0 Å². The van der Waals surface area contributed by atoms with Gasteiger partial charge < -0.3 is 9.84 Å². The van der Waals surface area contributed by atoms with E-state index < -0.39 is 17.9 Å². The van der Waals surface area contributed by atoms with Gasteiger partial charge in [0.15, 0.2) is 11.5 Å². The Morgan fingerprint density at radius 3 is 2.10 bits per heavy atom. The quantitative estimate of drug-likeness (QED) is 0.874. The molecule has 0 heterocycles. The zero-order valence-corrected chi connectivity index (χ0v) is 11.0. The monoisotopic (exact) mass is 282 g/mol. The molecule has 2 aromatic rings. The summed E-state index contributed by atoms with van der Waals surface area (Å²) >= 11 is 0. The zero-order valence-electron chi connectivity index (χ0n) is 11.0. The van der Waals surface area contributed by atoms with Crippen molar-refractivity contribution in [2.75, 3.05) is 0 Å². The van der Waals surface area contributed by atoms with E-state index in [4.69, 9.17) is 0 Å². The van der Waals surface area contributed by atoms with Crippen LogP contribution in [0.1, 0.15) is 11.1 Å². The summed E-state index contributed by atoms with van der Waals surface area (Å²) in [4.78, 5) is 0. The van der Waals surface area contributed by atoms with Crippen LogP contribution in [0.5, 0.6) is 11.5 Å². The van der Waals surface area contributed by atoms with Crippen LogP contribution < -0.4 is 4.74 Å². The summed E-state index contributed by atoms with van der Waals surface area (Å²) < 4.78 is 40.5. The molecule has 0 aliphatic heterocycles. The molecular weight excluding hydrogens is 269 g/mol. The molecule has 0 aromatic heterocycles. The molecule has 1 N–H and O–H groups in total. The molecule has 0 aliphatic carbocycles. The molecule has 0 aliphatic rings. The van der Waals surface area contributed by atoms with E-state index in [1.165, 1.54) is 12.1 Å². The van der Waals surface area contributed by atoms with Crippen LogP contribution in [0.3, 0.4) is 0 Å². The molecular formula is C15H13F3O2. The number of hydrogen-bond acceptors (Lipinski definition) is 2. The van der Waals surface area contributed by atoms with Gasteiger partial charge in [0.05, 0.1) is 0 Å². The van der Waals surface area contributed by atoms with E-state index in [2.05, 4.69) is 4.74 Å². The number of phenols is 1. The Balaban J connectivity index is 2.42. The van der Waals surface area contributed by atoms with Crippen molar-refractivity contribution in [3.63, 3.8) is 0 Å². The summed E-state index contributed by atoms with van der Waals surface area (Å²) in [5, 5.41) is 9.42. The number of alkyl halides is 3. The highest BCUT2D eigenvalue weighted by molar-refractivity contribution is 5.68. The minimum atomic E-state index is -4.83. The third kappa shape index (κ3) is 3.23. The van der Waals surface area contributed by atoms with E-state index in [0.717, 1.165) is 16.7 Å². The van der Waals surface area contributed by atoms with Gasteiger partial charge in [-0.3, -0.25) is 0 Å². The number of aryl methyl sites for hydroxylation is 2. The third-order valence-corrected chi connectivity index (χ3v) is 3.03. The standard InChI is InChI=1S/C15H13F3O2/c1-9-3-4-11(7-10(9)2)12-5-6-13(19)14(8-12)20-15(16,17)18/h3-8,19H,1-2H3. The molecule has 0 fully saturated rings. The Hall–Kier alpha value is -2.17. The van der Waals surface area contributed by atoms with Gasteiger partial charge in [0.25, 0.3) is 0 Å². The first-order valence-corrected chi connectivity index (χ1v) is 5.92. The number of halogens is 3. The van der Waals surface area contributed by atoms with Crippen molar-refractivity contribution in [1.29, 1.82) is 0 Å². The van der Waals surface area contributed by atoms with E-state index >= 15 is 0 Å². The Bertz CT molecular complexity index is 634. The van der Waals surface area contributed by atoms with Crippen molar-refractivity contribution in [2.24, 2.45) is 0 Å². The fourth-order valence-electron chi connectivity index (χ4n) is 1.82. The van der Waals surface area contributed by atoms with Crippen molar-refractivity contribution >= 4 is 0 Å². The van der Waals surface area contributed by atoms with Crippen LogP contribution in [0.15, 0.2) is 36.4 Å². The van der Waals surface area contributed by atoms with Gasteiger partial charge in [-0.1, -0.05) is 24.3 Å². The summed E-state index contributed by atoms with van der Waals surface area (Å²) in [6.45, 7) is 3.88. The van der Waals surface area contributed by atoms with Crippen LogP contribution in [0.25, 0.3) is 11.1 Å². The maximum atomic E-state index is 12.2. The Morgan fingerprint density at radius 2 is 1.50 bits per heavy atom. The minimum Gasteiger partial charge on any atom is -0.504 e. The highest BCUT2D eigenvalue weighted by Gasteiger charge is 2.32. The summed E-state index contributed by atoms with van der Waals surface area (Å²) in [7, 11) is 0. The van der Waals surface area contributed by atoms with Gasteiger partial charge in [-0.05, 0) is 48.2 Å². The predicted molar refractivity (Wildman–Crippen MR) is 69.7 cm³/mol. The summed E-state index contributed by atoms with van der Waals surface area (Å²) in [5.41, 5.74) is 3.44. The molecule has 0 saturated heterocycles. The number of aromatic hydroxyl groups is 1. The molecule has 0 amide bonds. The molecule has 0 bridgehead atoms. The normalized spacial score (nSPS) is 11.4. The second-order valence-corrected chi connectivity index (χ2v) is 4.53. The smallest absolute Gasteiger partial charge is 0.504 e. The fraction of sp³-hybridized carbons (Fsp3) is 0.200. The highest BCUT2D eigenvalue weighted by Crippen LogP contribution is 2.35. The van der Waals surface area contributed by atoms with Crippen molar-refractivity contribution in [2.45, 2.75) is 20.2 Å². The minimum absolute atomic E-state index is 0.546. The van der Waals surface area contributed by atoms with Crippen molar-refractivity contribution in [3.8, 4) is 22.6 Å². The Kier molecular flexibility index (Phi) is 3.61. The molecule has 5 heteroatoms. The molecule has 20 heavy (non-hydrogen) atoms. The maximum absolute atomic E-state index is 12.2. The first-order valence-electron chi connectivity index (χ1n) is 5.92. The van der Waals surface area contributed by atoms with Gasteiger partial charge in [0, 0.05) is 0 Å². The van der Waals surface area contributed by atoms with Crippen molar-refractivity contribution in [1.82, 2.24) is 0 Å². The van der Waals surface area contributed by atoms with Crippen LogP contribution in [-0.2, 0) is 0 Å². The molecule has 2 nitrogen and oxygen atoms in total. The fourth-order valence-corrected chi connectivity index (χ4v) is 1.82. The Morgan fingerprint density at radius 1 is 0.900 bits per heavy atom. The lowest BCUT2D eigenvalue weighted by Gasteiger charge is -2.12. The van der Waals surface area contributed by atoms with Crippen LogP contribution in [0, 0.1) is 13.8 Å². The molecule has 0 spiro atoms. The van der Waals surface area contributed by atoms with Crippen LogP contribution in [0.4, 0.5) is 13.2 Å². The average molecular weight is 282 g/mol. The lowest BCUT2D eigenvalue weighted by Crippen LogP contribution is -2.17. The van der Waals surface area contributed by atoms with E-state index in [0.29, 0.717) is 5.56 Å².